The van der Waals surface area contributed by atoms with Crippen LogP contribution in [-0.4, -0.2) is 29.4 Å². The molecule has 4 nitrogen and oxygen atoms in total. The van der Waals surface area contributed by atoms with Crippen molar-refractivity contribution in [2.24, 2.45) is 0 Å². The molecule has 78 valence electrons. The second-order valence-corrected chi connectivity index (χ2v) is 3.50. The fourth-order valence-corrected chi connectivity index (χ4v) is 1.51. The fraction of sp³-hybridized carbons (Fsp3) is 0.444. The lowest BCUT2D eigenvalue weighted by molar-refractivity contribution is 0.0678. The van der Waals surface area contributed by atoms with Gasteiger partial charge in [0.1, 0.15) is 5.69 Å². The molecule has 0 radical (unpaired) electrons. The topological polar surface area (TPSA) is 51.5 Å². The highest BCUT2D eigenvalue weighted by Gasteiger charge is 2.15. The van der Waals surface area contributed by atoms with Crippen molar-refractivity contribution in [2.45, 2.75) is 13.0 Å². The van der Waals surface area contributed by atoms with E-state index >= 15 is 0 Å². The van der Waals surface area contributed by atoms with Crippen molar-refractivity contribution >= 4 is 17.6 Å². The van der Waals surface area contributed by atoms with Crippen LogP contribution in [0.4, 0.5) is 0 Å². The van der Waals surface area contributed by atoms with Crippen LogP contribution in [0.5, 0.6) is 0 Å². The van der Waals surface area contributed by atoms with Crippen LogP contribution in [0.25, 0.3) is 0 Å². The zero-order chi connectivity index (χ0) is 10.7. The molecule has 0 fully saturated rings. The molecule has 1 aromatic rings. The van der Waals surface area contributed by atoms with E-state index < -0.39 is 5.97 Å². The molecule has 0 amide bonds. The number of halogens is 1. The fourth-order valence-electron chi connectivity index (χ4n) is 1.30. The van der Waals surface area contributed by atoms with Gasteiger partial charge in [-0.15, -0.1) is 0 Å². The molecule has 1 N–H and O–H groups in total. The number of carboxylic acids is 1. The highest BCUT2D eigenvalue weighted by atomic mass is 35.5. The maximum atomic E-state index is 10.8. The molecule has 1 rings (SSSR count). The summed E-state index contributed by atoms with van der Waals surface area (Å²) in [5.74, 6) is -0.986. The van der Waals surface area contributed by atoms with E-state index in [1.165, 1.54) is 6.07 Å². The molecule has 0 aliphatic rings. The van der Waals surface area contributed by atoms with Gasteiger partial charge in [0, 0.05) is 13.3 Å². The third kappa shape index (κ3) is 2.27. The maximum absolute atomic E-state index is 10.8. The van der Waals surface area contributed by atoms with Gasteiger partial charge in [-0.1, -0.05) is 11.6 Å². The van der Waals surface area contributed by atoms with Crippen molar-refractivity contribution in [3.8, 4) is 0 Å². The second-order valence-electron chi connectivity index (χ2n) is 3.06. The van der Waals surface area contributed by atoms with E-state index in [0.29, 0.717) is 11.6 Å². The quantitative estimate of drug-likeness (QED) is 0.840. The summed E-state index contributed by atoms with van der Waals surface area (Å²) in [5.41, 5.74) is 0.180. The molecule has 0 aromatic carbocycles. The summed E-state index contributed by atoms with van der Waals surface area (Å²) >= 11 is 5.73. The van der Waals surface area contributed by atoms with Gasteiger partial charge in [0.05, 0.1) is 17.7 Å². The monoisotopic (exact) mass is 217 g/mol. The third-order valence-electron chi connectivity index (χ3n) is 1.92. The summed E-state index contributed by atoms with van der Waals surface area (Å²) in [6.45, 7) is 2.32. The average Bonchev–Trinajstić information content (AvgIpc) is 2.48. The van der Waals surface area contributed by atoms with Gasteiger partial charge in [-0.3, -0.25) is 0 Å². The van der Waals surface area contributed by atoms with Crippen LogP contribution in [0.3, 0.4) is 0 Å². The molecule has 1 heterocycles. The summed E-state index contributed by atoms with van der Waals surface area (Å²) in [7, 11) is 1.57. The molecule has 0 bridgehead atoms. The van der Waals surface area contributed by atoms with Gasteiger partial charge in [0.15, 0.2) is 0 Å². The molecule has 0 aliphatic heterocycles. The van der Waals surface area contributed by atoms with Gasteiger partial charge in [-0.25, -0.2) is 4.79 Å². The number of carboxylic acid groups (broad SMARTS) is 1. The standard InChI is InChI=1S/C9H12ClNO3/c1-6(5-14-2)11-4-7(10)3-8(11)9(12)13/h3-4,6H,5H2,1-2H3,(H,12,13). The van der Waals surface area contributed by atoms with E-state index in [1.807, 2.05) is 6.92 Å². The highest BCUT2D eigenvalue weighted by molar-refractivity contribution is 6.30. The molecule has 1 aromatic heterocycles. The summed E-state index contributed by atoms with van der Waals surface area (Å²) in [6, 6.07) is 1.38. The Labute approximate surface area is 87.0 Å². The first-order valence-electron chi connectivity index (χ1n) is 4.16. The van der Waals surface area contributed by atoms with Crippen molar-refractivity contribution in [2.75, 3.05) is 13.7 Å². The van der Waals surface area contributed by atoms with Crippen LogP contribution in [0, 0.1) is 0 Å². The van der Waals surface area contributed by atoms with E-state index in [9.17, 15) is 4.79 Å². The molecule has 0 saturated heterocycles. The first-order valence-corrected chi connectivity index (χ1v) is 4.53. The van der Waals surface area contributed by atoms with E-state index in [-0.39, 0.29) is 11.7 Å². The van der Waals surface area contributed by atoms with Crippen LogP contribution >= 0.6 is 11.6 Å². The first-order chi connectivity index (χ1) is 6.56. The maximum Gasteiger partial charge on any atom is 0.352 e. The van der Waals surface area contributed by atoms with Crippen LogP contribution < -0.4 is 0 Å². The minimum atomic E-state index is -0.986. The Morgan fingerprint density at radius 1 is 1.79 bits per heavy atom. The number of nitrogens with zero attached hydrogens (tertiary/aromatic N) is 1. The zero-order valence-electron chi connectivity index (χ0n) is 8.03. The number of aromatic carboxylic acids is 1. The van der Waals surface area contributed by atoms with E-state index in [1.54, 1.807) is 17.9 Å². The van der Waals surface area contributed by atoms with Crippen LogP contribution in [0.15, 0.2) is 12.3 Å². The van der Waals surface area contributed by atoms with Crippen LogP contribution in [0.2, 0.25) is 5.02 Å². The number of hydrogen-bond acceptors (Lipinski definition) is 2. The molecule has 14 heavy (non-hydrogen) atoms. The lowest BCUT2D eigenvalue weighted by Crippen LogP contribution is -2.15. The van der Waals surface area contributed by atoms with Gasteiger partial charge in [-0.2, -0.15) is 0 Å². The minimum absolute atomic E-state index is 0.0430. The molecule has 5 heteroatoms. The Morgan fingerprint density at radius 2 is 2.43 bits per heavy atom. The largest absolute Gasteiger partial charge is 0.477 e. The normalized spacial score (nSPS) is 12.8. The Morgan fingerprint density at radius 3 is 2.93 bits per heavy atom. The number of rotatable bonds is 4. The number of aromatic nitrogens is 1. The smallest absolute Gasteiger partial charge is 0.352 e. The van der Waals surface area contributed by atoms with Crippen molar-refractivity contribution in [1.29, 1.82) is 0 Å². The molecular formula is C9H12ClNO3. The highest BCUT2D eigenvalue weighted by Crippen LogP contribution is 2.19. The molecular weight excluding hydrogens is 206 g/mol. The molecule has 1 unspecified atom stereocenters. The zero-order valence-corrected chi connectivity index (χ0v) is 8.78. The molecule has 0 aliphatic carbocycles. The predicted octanol–water partition coefficient (Wildman–Crippen LogP) is 2.05. The van der Waals surface area contributed by atoms with Gasteiger partial charge < -0.3 is 14.4 Å². The van der Waals surface area contributed by atoms with Crippen molar-refractivity contribution in [3.05, 3.63) is 23.0 Å². The van der Waals surface area contributed by atoms with Gasteiger partial charge in [0.2, 0.25) is 0 Å². The van der Waals surface area contributed by atoms with E-state index in [2.05, 4.69) is 0 Å². The number of hydrogen-bond donors (Lipinski definition) is 1. The first kappa shape index (κ1) is 11.1. The van der Waals surface area contributed by atoms with Crippen molar-refractivity contribution in [1.82, 2.24) is 4.57 Å². The van der Waals surface area contributed by atoms with Crippen molar-refractivity contribution < 1.29 is 14.6 Å². The average molecular weight is 218 g/mol. The third-order valence-corrected chi connectivity index (χ3v) is 2.12. The lowest BCUT2D eigenvalue weighted by atomic mass is 10.3. The summed E-state index contributed by atoms with van der Waals surface area (Å²) < 4.78 is 6.54. The van der Waals surface area contributed by atoms with Crippen molar-refractivity contribution in [3.63, 3.8) is 0 Å². The lowest BCUT2D eigenvalue weighted by Gasteiger charge is -2.14. The SMILES string of the molecule is COCC(C)n1cc(Cl)cc1C(=O)O. The number of ether oxygens (including phenoxy) is 1. The number of methoxy groups -OCH3 is 1. The van der Waals surface area contributed by atoms with Gasteiger partial charge in [-0.05, 0) is 13.0 Å². The Kier molecular flexibility index (Phi) is 3.55. The predicted molar refractivity (Wildman–Crippen MR) is 53.0 cm³/mol. The van der Waals surface area contributed by atoms with E-state index in [0.717, 1.165) is 0 Å². The Balaban J connectivity index is 3.00. The Hall–Kier alpha value is -1.00. The summed E-state index contributed by atoms with van der Waals surface area (Å²) in [6.07, 6.45) is 1.59. The summed E-state index contributed by atoms with van der Waals surface area (Å²) in [5, 5.41) is 9.30. The van der Waals surface area contributed by atoms with E-state index in [4.69, 9.17) is 21.4 Å². The Bertz CT molecular complexity index is 335. The van der Waals surface area contributed by atoms with Gasteiger partial charge >= 0.3 is 5.97 Å². The van der Waals surface area contributed by atoms with Gasteiger partial charge in [0.25, 0.3) is 0 Å². The second kappa shape index (κ2) is 4.48. The van der Waals surface area contributed by atoms with Crippen LogP contribution in [0.1, 0.15) is 23.5 Å². The molecule has 1 atom stereocenters. The minimum Gasteiger partial charge on any atom is -0.477 e. The van der Waals surface area contributed by atoms with Crippen LogP contribution in [-0.2, 0) is 4.74 Å². The summed E-state index contributed by atoms with van der Waals surface area (Å²) in [4.78, 5) is 10.8. The molecule has 0 saturated carbocycles. The number of carbonyl (C=O) groups is 1. The molecule has 0 spiro atoms.